The topological polar surface area (TPSA) is 64.6 Å². The van der Waals surface area contributed by atoms with Crippen LogP contribution in [0.1, 0.15) is 38.3 Å². The molecule has 0 saturated carbocycles. The van der Waals surface area contributed by atoms with Gasteiger partial charge in [-0.25, -0.2) is 4.79 Å². The van der Waals surface area contributed by atoms with E-state index in [1.807, 2.05) is 32.0 Å². The SMILES string of the molecule is CC(CO)C(C)NC(=O)NCC(c1ccccc1)N1CCCC1. The zero-order chi connectivity index (χ0) is 16.7. The highest BCUT2D eigenvalue weighted by molar-refractivity contribution is 5.74. The summed E-state index contributed by atoms with van der Waals surface area (Å²) in [5, 5.41) is 15.0. The first-order valence-electron chi connectivity index (χ1n) is 8.56. The van der Waals surface area contributed by atoms with Crippen molar-refractivity contribution in [3.63, 3.8) is 0 Å². The minimum absolute atomic E-state index is 0.0456. The number of benzene rings is 1. The molecule has 0 aromatic heterocycles. The second-order valence-electron chi connectivity index (χ2n) is 6.47. The Morgan fingerprint density at radius 3 is 2.48 bits per heavy atom. The number of likely N-dealkylation sites (tertiary alicyclic amines) is 1. The Hall–Kier alpha value is -1.59. The molecule has 1 heterocycles. The third kappa shape index (κ3) is 5.22. The van der Waals surface area contributed by atoms with Crippen molar-refractivity contribution < 1.29 is 9.90 Å². The molecule has 0 bridgehead atoms. The molecule has 23 heavy (non-hydrogen) atoms. The van der Waals surface area contributed by atoms with Crippen LogP contribution in [-0.4, -0.2) is 48.3 Å². The van der Waals surface area contributed by atoms with Crippen LogP contribution in [0.15, 0.2) is 30.3 Å². The van der Waals surface area contributed by atoms with Gasteiger partial charge in [0, 0.05) is 19.2 Å². The fourth-order valence-electron chi connectivity index (χ4n) is 2.93. The number of carbonyl (C=O) groups excluding carboxylic acids is 1. The van der Waals surface area contributed by atoms with Crippen molar-refractivity contribution >= 4 is 6.03 Å². The summed E-state index contributed by atoms with van der Waals surface area (Å²) < 4.78 is 0. The number of aliphatic hydroxyl groups excluding tert-OH is 1. The van der Waals surface area contributed by atoms with Crippen LogP contribution in [0.5, 0.6) is 0 Å². The van der Waals surface area contributed by atoms with Crippen LogP contribution in [0.4, 0.5) is 4.79 Å². The first-order chi connectivity index (χ1) is 11.1. The van der Waals surface area contributed by atoms with Crippen molar-refractivity contribution in [2.24, 2.45) is 5.92 Å². The van der Waals surface area contributed by atoms with Gasteiger partial charge < -0.3 is 15.7 Å². The molecule has 2 rings (SSSR count). The summed E-state index contributed by atoms with van der Waals surface area (Å²) in [6.45, 7) is 6.66. The normalized spacial score (nSPS) is 19.1. The molecule has 1 aromatic rings. The minimum Gasteiger partial charge on any atom is -0.396 e. The number of nitrogens with one attached hydrogen (secondary N) is 2. The van der Waals surface area contributed by atoms with Crippen LogP contribution < -0.4 is 10.6 Å². The predicted molar refractivity (Wildman–Crippen MR) is 92.2 cm³/mol. The van der Waals surface area contributed by atoms with Crippen molar-refractivity contribution in [3.05, 3.63) is 35.9 Å². The van der Waals surface area contributed by atoms with E-state index in [0.717, 1.165) is 13.1 Å². The fraction of sp³-hybridized carbons (Fsp3) is 0.611. The van der Waals surface area contributed by atoms with Crippen LogP contribution in [0.3, 0.4) is 0 Å². The number of hydrogen-bond donors (Lipinski definition) is 3. The lowest BCUT2D eigenvalue weighted by Gasteiger charge is -2.28. The Kier molecular flexibility index (Phi) is 6.86. The first kappa shape index (κ1) is 17.8. The summed E-state index contributed by atoms with van der Waals surface area (Å²) in [6, 6.07) is 10.4. The van der Waals surface area contributed by atoms with Crippen LogP contribution >= 0.6 is 0 Å². The maximum atomic E-state index is 12.1. The molecule has 5 heteroatoms. The zero-order valence-electron chi connectivity index (χ0n) is 14.2. The summed E-state index contributed by atoms with van der Waals surface area (Å²) in [6.07, 6.45) is 2.45. The van der Waals surface area contributed by atoms with Gasteiger partial charge in [-0.3, -0.25) is 4.90 Å². The molecular weight excluding hydrogens is 290 g/mol. The number of aliphatic hydroxyl groups is 1. The summed E-state index contributed by atoms with van der Waals surface area (Å²) in [7, 11) is 0. The Morgan fingerprint density at radius 2 is 1.87 bits per heavy atom. The van der Waals surface area contributed by atoms with Crippen molar-refractivity contribution in [2.75, 3.05) is 26.2 Å². The van der Waals surface area contributed by atoms with E-state index in [-0.39, 0.29) is 30.6 Å². The quantitative estimate of drug-likeness (QED) is 0.721. The Balaban J connectivity index is 1.92. The maximum Gasteiger partial charge on any atom is 0.315 e. The van der Waals surface area contributed by atoms with Gasteiger partial charge in [0.2, 0.25) is 0 Å². The molecular formula is C18H29N3O2. The Labute approximate surface area is 139 Å². The molecule has 128 valence electrons. The average molecular weight is 319 g/mol. The largest absolute Gasteiger partial charge is 0.396 e. The number of amides is 2. The third-order valence-electron chi connectivity index (χ3n) is 4.72. The summed E-state index contributed by atoms with van der Waals surface area (Å²) in [5.74, 6) is 0.0456. The van der Waals surface area contributed by atoms with E-state index < -0.39 is 0 Å². The molecule has 0 radical (unpaired) electrons. The highest BCUT2D eigenvalue weighted by Crippen LogP contribution is 2.24. The molecule has 3 N–H and O–H groups in total. The summed E-state index contributed by atoms with van der Waals surface area (Å²) >= 11 is 0. The second-order valence-corrected chi connectivity index (χ2v) is 6.47. The molecule has 1 aliphatic rings. The molecule has 3 atom stereocenters. The van der Waals surface area contributed by atoms with Gasteiger partial charge in [0.05, 0.1) is 6.04 Å². The lowest BCUT2D eigenvalue weighted by atomic mass is 10.1. The second kappa shape index (κ2) is 8.89. The fourth-order valence-corrected chi connectivity index (χ4v) is 2.93. The summed E-state index contributed by atoms with van der Waals surface area (Å²) in [5.41, 5.74) is 1.24. The smallest absolute Gasteiger partial charge is 0.315 e. The molecule has 1 saturated heterocycles. The molecule has 2 amide bonds. The van der Waals surface area contributed by atoms with E-state index in [9.17, 15) is 4.79 Å². The molecule has 1 fully saturated rings. The van der Waals surface area contributed by atoms with Gasteiger partial charge in [-0.2, -0.15) is 0 Å². The third-order valence-corrected chi connectivity index (χ3v) is 4.72. The molecule has 0 aliphatic carbocycles. The van der Waals surface area contributed by atoms with Crippen LogP contribution in [0.25, 0.3) is 0 Å². The number of carbonyl (C=O) groups is 1. The summed E-state index contributed by atoms with van der Waals surface area (Å²) in [4.78, 5) is 14.5. The van der Waals surface area contributed by atoms with E-state index in [1.54, 1.807) is 0 Å². The van der Waals surface area contributed by atoms with Gasteiger partial charge in [0.1, 0.15) is 0 Å². The van der Waals surface area contributed by atoms with E-state index >= 15 is 0 Å². The van der Waals surface area contributed by atoms with Crippen LogP contribution in [0.2, 0.25) is 0 Å². The number of rotatable bonds is 7. The van der Waals surface area contributed by atoms with Gasteiger partial charge >= 0.3 is 6.03 Å². The number of hydrogen-bond acceptors (Lipinski definition) is 3. The van der Waals surface area contributed by atoms with Crippen LogP contribution in [-0.2, 0) is 0 Å². The van der Waals surface area contributed by atoms with Gasteiger partial charge in [0.25, 0.3) is 0 Å². The predicted octanol–water partition coefficient (Wildman–Crippen LogP) is 2.14. The lowest BCUT2D eigenvalue weighted by Crippen LogP contribution is -2.46. The number of urea groups is 1. The van der Waals surface area contributed by atoms with Crippen LogP contribution in [0, 0.1) is 5.92 Å². The molecule has 1 aromatic carbocycles. The van der Waals surface area contributed by atoms with Gasteiger partial charge in [-0.05, 0) is 44.3 Å². The molecule has 1 aliphatic heterocycles. The van der Waals surface area contributed by atoms with Crippen molar-refractivity contribution in [1.82, 2.24) is 15.5 Å². The van der Waals surface area contributed by atoms with Crippen molar-refractivity contribution in [1.29, 1.82) is 0 Å². The maximum absolute atomic E-state index is 12.1. The lowest BCUT2D eigenvalue weighted by molar-refractivity contribution is 0.196. The monoisotopic (exact) mass is 319 g/mol. The first-order valence-corrected chi connectivity index (χ1v) is 8.56. The van der Waals surface area contributed by atoms with Gasteiger partial charge in [-0.15, -0.1) is 0 Å². The Morgan fingerprint density at radius 1 is 1.22 bits per heavy atom. The van der Waals surface area contributed by atoms with E-state index in [2.05, 4.69) is 27.7 Å². The molecule has 0 spiro atoms. The molecule has 3 unspecified atom stereocenters. The Bertz CT molecular complexity index is 474. The van der Waals surface area contributed by atoms with Gasteiger partial charge in [-0.1, -0.05) is 37.3 Å². The van der Waals surface area contributed by atoms with E-state index in [4.69, 9.17) is 5.11 Å². The van der Waals surface area contributed by atoms with Gasteiger partial charge in [0.15, 0.2) is 0 Å². The molecule has 5 nitrogen and oxygen atoms in total. The average Bonchev–Trinajstić information content (AvgIpc) is 3.09. The van der Waals surface area contributed by atoms with E-state index in [0.29, 0.717) is 6.54 Å². The van der Waals surface area contributed by atoms with Crippen molar-refractivity contribution in [2.45, 2.75) is 38.8 Å². The minimum atomic E-state index is -0.169. The number of nitrogens with zero attached hydrogens (tertiary/aromatic N) is 1. The standard InChI is InChI=1S/C18H29N3O2/c1-14(13-22)15(2)20-18(23)19-12-17(21-10-6-7-11-21)16-8-4-3-5-9-16/h3-5,8-9,14-15,17,22H,6-7,10-13H2,1-2H3,(H2,19,20,23). The highest BCUT2D eigenvalue weighted by atomic mass is 16.3. The highest BCUT2D eigenvalue weighted by Gasteiger charge is 2.24. The zero-order valence-corrected chi connectivity index (χ0v) is 14.2. The van der Waals surface area contributed by atoms with Crippen molar-refractivity contribution in [3.8, 4) is 0 Å². The van der Waals surface area contributed by atoms with E-state index in [1.165, 1.54) is 18.4 Å².